The number of hydrogen-bond acceptors (Lipinski definition) is 6. The molecule has 5 unspecified atom stereocenters. The van der Waals surface area contributed by atoms with Crippen molar-refractivity contribution in [3.8, 4) is 0 Å². The van der Waals surface area contributed by atoms with Crippen LogP contribution >= 0.6 is 11.3 Å². The van der Waals surface area contributed by atoms with Gasteiger partial charge in [0.25, 0.3) is 5.91 Å². The molecule has 7 nitrogen and oxygen atoms in total. The fraction of sp³-hybridized carbons (Fsp3) is 0.700. The maximum atomic E-state index is 13.6. The molecule has 4 aliphatic carbocycles. The Kier molecular flexibility index (Phi) is 6.21. The first-order valence-corrected chi connectivity index (χ1v) is 15.0. The molecule has 1 saturated heterocycles. The zero-order chi connectivity index (χ0) is 27.0. The van der Waals surface area contributed by atoms with Gasteiger partial charge in [-0.05, 0) is 67.2 Å². The van der Waals surface area contributed by atoms with Crippen LogP contribution in [-0.4, -0.2) is 60.3 Å². The van der Waals surface area contributed by atoms with E-state index in [2.05, 4.69) is 26.8 Å². The number of amides is 1. The van der Waals surface area contributed by atoms with Gasteiger partial charge in [0.15, 0.2) is 6.29 Å². The summed E-state index contributed by atoms with van der Waals surface area (Å²) in [4.78, 5) is 42.3. The third kappa shape index (κ3) is 3.23. The van der Waals surface area contributed by atoms with Crippen molar-refractivity contribution in [1.29, 1.82) is 0 Å². The van der Waals surface area contributed by atoms with Crippen molar-refractivity contribution < 1.29 is 29.0 Å². The van der Waals surface area contributed by atoms with E-state index >= 15 is 0 Å². The Balaban J connectivity index is 1.35. The lowest BCUT2D eigenvalue weighted by Gasteiger charge is -2.58. The highest BCUT2D eigenvalue weighted by Gasteiger charge is 2.84. The summed E-state index contributed by atoms with van der Waals surface area (Å²) in [7, 11) is 0. The highest BCUT2D eigenvalue weighted by molar-refractivity contribution is 7.12. The topological polar surface area (TPSA) is 93.1 Å². The molecule has 1 amide bonds. The summed E-state index contributed by atoms with van der Waals surface area (Å²) in [6.07, 6.45) is 5.67. The highest BCUT2D eigenvalue weighted by Crippen LogP contribution is 2.82. The molecule has 0 spiro atoms. The van der Waals surface area contributed by atoms with Crippen molar-refractivity contribution in [2.45, 2.75) is 65.8 Å². The van der Waals surface area contributed by atoms with Gasteiger partial charge in [0.1, 0.15) is 11.7 Å². The smallest absolute Gasteiger partial charge is 0.315 e. The van der Waals surface area contributed by atoms with Crippen molar-refractivity contribution in [3.63, 3.8) is 0 Å². The van der Waals surface area contributed by atoms with E-state index < -0.39 is 28.5 Å². The van der Waals surface area contributed by atoms with E-state index in [-0.39, 0.29) is 36.4 Å². The van der Waals surface area contributed by atoms with Crippen LogP contribution in [0.5, 0.6) is 0 Å². The molecule has 1 aromatic rings. The number of carbonyl (C=O) groups is 3. The van der Waals surface area contributed by atoms with Crippen LogP contribution in [0.2, 0.25) is 0 Å². The first kappa shape index (κ1) is 26.2. The minimum Gasteiger partial charge on any atom is -0.481 e. The van der Waals surface area contributed by atoms with Crippen molar-refractivity contribution >= 4 is 29.5 Å². The number of aldehydes is 1. The fourth-order valence-corrected chi connectivity index (χ4v) is 10.3. The lowest BCUT2D eigenvalue weighted by atomic mass is 9.43. The monoisotopic (exact) mass is 541 g/mol. The van der Waals surface area contributed by atoms with Crippen molar-refractivity contribution in [3.05, 3.63) is 34.0 Å². The number of carboxylic acids is 1. The Morgan fingerprint density at radius 3 is 2.71 bits per heavy atom. The molecular formula is C30H39NO6S. The molecule has 3 saturated carbocycles. The number of rotatable bonds is 7. The van der Waals surface area contributed by atoms with Crippen LogP contribution in [0.1, 0.15) is 63.0 Å². The van der Waals surface area contributed by atoms with Crippen LogP contribution in [0.25, 0.3) is 0 Å². The molecule has 8 heteroatoms. The summed E-state index contributed by atoms with van der Waals surface area (Å²) < 4.78 is 12.7. The summed E-state index contributed by atoms with van der Waals surface area (Å²) >= 11 is 1.42. The molecule has 2 heterocycles. The average molecular weight is 542 g/mol. The van der Waals surface area contributed by atoms with E-state index in [1.807, 2.05) is 24.4 Å². The molecule has 1 N–H and O–H groups in total. The van der Waals surface area contributed by atoms with Crippen LogP contribution in [-0.2, 0) is 19.1 Å². The number of carbonyl (C=O) groups excluding carboxylic acids is 2. The molecular weight excluding hydrogens is 502 g/mol. The molecule has 9 atom stereocenters. The Bertz CT molecular complexity index is 1160. The van der Waals surface area contributed by atoms with Gasteiger partial charge in [0.2, 0.25) is 0 Å². The lowest BCUT2D eigenvalue weighted by Crippen LogP contribution is -2.64. The van der Waals surface area contributed by atoms with Gasteiger partial charge in [0, 0.05) is 12.0 Å². The molecule has 4 fully saturated rings. The third-order valence-electron chi connectivity index (χ3n) is 10.9. The summed E-state index contributed by atoms with van der Waals surface area (Å²) in [6, 6.07) is 3.70. The van der Waals surface area contributed by atoms with Gasteiger partial charge in [-0.1, -0.05) is 44.9 Å². The largest absolute Gasteiger partial charge is 0.481 e. The normalized spacial score (nSPS) is 43.3. The number of fused-ring (bicyclic) bond motifs is 2. The lowest BCUT2D eigenvalue weighted by molar-refractivity contribution is -0.232. The Morgan fingerprint density at radius 2 is 2.05 bits per heavy atom. The minimum atomic E-state index is -1.27. The zero-order valence-corrected chi connectivity index (χ0v) is 23.5. The number of thiophene rings is 1. The van der Waals surface area contributed by atoms with E-state index in [1.54, 1.807) is 4.90 Å². The molecule has 0 aromatic carbocycles. The van der Waals surface area contributed by atoms with E-state index in [4.69, 9.17) is 9.47 Å². The second kappa shape index (κ2) is 9.00. The van der Waals surface area contributed by atoms with E-state index in [1.165, 1.54) is 11.3 Å². The predicted octanol–water partition coefficient (Wildman–Crippen LogP) is 4.88. The molecule has 1 aliphatic heterocycles. The number of aliphatic carboxylic acids is 1. The second-order valence-corrected chi connectivity index (χ2v) is 13.8. The van der Waals surface area contributed by atoms with Gasteiger partial charge in [-0.25, -0.2) is 0 Å². The molecule has 6 rings (SSSR count). The van der Waals surface area contributed by atoms with Crippen molar-refractivity contribution in [2.75, 3.05) is 19.7 Å². The summed E-state index contributed by atoms with van der Waals surface area (Å²) in [5.41, 5.74) is -1.97. The second-order valence-electron chi connectivity index (χ2n) is 12.9. The standard InChI is InChI=1S/C30H39NO6S/c1-17(2)23-10-20-11-28(15-32)22-8-7-18(3)21(22)12-29(20,30(23,28)27(34)35)16-36-25-14-31(13-19(4)37-25)26(33)24-6-5-9-38-24/h5-6,9-10,15,17-22,25H,7-8,11-14,16H2,1-4H3,(H,34,35)/t18-,19-,20?,21?,22?,25-,28+,29?,30?/m1/s1. The molecule has 4 bridgehead atoms. The van der Waals surface area contributed by atoms with E-state index in [0.29, 0.717) is 36.2 Å². The Morgan fingerprint density at radius 1 is 1.26 bits per heavy atom. The van der Waals surface area contributed by atoms with Gasteiger partial charge in [-0.15, -0.1) is 11.3 Å². The predicted molar refractivity (Wildman–Crippen MR) is 143 cm³/mol. The number of allylic oxidation sites excluding steroid dienone is 1. The molecule has 1 aromatic heterocycles. The van der Waals surface area contributed by atoms with E-state index in [0.717, 1.165) is 31.1 Å². The highest BCUT2D eigenvalue weighted by atomic mass is 32.1. The summed E-state index contributed by atoms with van der Waals surface area (Å²) in [5, 5.41) is 13.0. The average Bonchev–Trinajstić information content (AvgIpc) is 3.64. The van der Waals surface area contributed by atoms with Crippen LogP contribution in [0.3, 0.4) is 0 Å². The van der Waals surface area contributed by atoms with Crippen molar-refractivity contribution in [2.24, 2.45) is 45.8 Å². The molecule has 5 aliphatic rings. The maximum Gasteiger partial charge on any atom is 0.315 e. The number of morpholine rings is 1. The maximum absolute atomic E-state index is 13.6. The molecule has 0 radical (unpaired) electrons. The van der Waals surface area contributed by atoms with Crippen LogP contribution in [0, 0.1) is 45.8 Å². The number of carboxylic acid groups (broad SMARTS) is 1. The third-order valence-corrected chi connectivity index (χ3v) is 11.8. The van der Waals surface area contributed by atoms with Gasteiger partial charge in [-0.3, -0.25) is 9.59 Å². The van der Waals surface area contributed by atoms with Crippen molar-refractivity contribution in [1.82, 2.24) is 4.90 Å². The summed E-state index contributed by atoms with van der Waals surface area (Å²) in [6.45, 7) is 9.28. The van der Waals surface area contributed by atoms with Gasteiger partial charge in [-0.2, -0.15) is 0 Å². The molecule has 38 heavy (non-hydrogen) atoms. The minimum absolute atomic E-state index is 0.0235. The van der Waals surface area contributed by atoms with E-state index in [9.17, 15) is 19.5 Å². The van der Waals surface area contributed by atoms with Gasteiger partial charge < -0.3 is 24.3 Å². The van der Waals surface area contributed by atoms with Crippen LogP contribution in [0.15, 0.2) is 29.2 Å². The number of hydrogen-bond donors (Lipinski definition) is 1. The zero-order valence-electron chi connectivity index (χ0n) is 22.7. The van der Waals surface area contributed by atoms with Crippen LogP contribution in [0.4, 0.5) is 0 Å². The van der Waals surface area contributed by atoms with Crippen LogP contribution < -0.4 is 0 Å². The quantitative estimate of drug-likeness (QED) is 0.391. The Hall–Kier alpha value is -2.03. The fourth-order valence-electron chi connectivity index (χ4n) is 9.60. The first-order chi connectivity index (χ1) is 18.1. The number of nitrogens with zero attached hydrogens (tertiary/aromatic N) is 1. The van der Waals surface area contributed by atoms with Gasteiger partial charge in [0.05, 0.1) is 29.5 Å². The molecule has 206 valence electrons. The van der Waals surface area contributed by atoms with Gasteiger partial charge >= 0.3 is 5.97 Å². The SMILES string of the molecule is CC(C)C1=CC2C[C@]3(C=O)C4CC[C@@H](C)C4CC2(CO[C@H]2CN(C(=O)c4cccs4)C[C@@H](C)O2)C13C(=O)O. The Labute approximate surface area is 228 Å². The number of ether oxygens (including phenoxy) is 2. The first-order valence-electron chi connectivity index (χ1n) is 14.1. The summed E-state index contributed by atoms with van der Waals surface area (Å²) in [5.74, 6) is -0.0535.